The van der Waals surface area contributed by atoms with Crippen molar-refractivity contribution in [2.75, 3.05) is 49.7 Å². The van der Waals surface area contributed by atoms with Gasteiger partial charge in [-0.05, 0) is 61.7 Å². The van der Waals surface area contributed by atoms with E-state index < -0.39 is 23.9 Å². The number of amides is 4. The second-order valence-corrected chi connectivity index (χ2v) is 11.3. The van der Waals surface area contributed by atoms with E-state index in [1.807, 2.05) is 26.0 Å². The van der Waals surface area contributed by atoms with Crippen molar-refractivity contribution in [1.82, 2.24) is 15.5 Å². The molecular weight excluding hydrogens is 590 g/mol. The third kappa shape index (κ3) is 7.87. The highest BCUT2D eigenvalue weighted by atomic mass is 16.7. The van der Waals surface area contributed by atoms with Crippen LogP contribution in [0.25, 0.3) is 0 Å². The van der Waals surface area contributed by atoms with Gasteiger partial charge in [-0.1, -0.05) is 36.8 Å². The zero-order valence-electron chi connectivity index (χ0n) is 26.0. The van der Waals surface area contributed by atoms with Crippen LogP contribution in [0.3, 0.4) is 0 Å². The zero-order valence-corrected chi connectivity index (χ0v) is 26.0. The molecule has 2 aliphatic rings. The molecular formula is C34H39N5O7. The predicted molar refractivity (Wildman–Crippen MR) is 173 cm³/mol. The minimum absolute atomic E-state index is 0.103. The molecule has 46 heavy (non-hydrogen) atoms. The number of carbonyl (C=O) groups excluding carboxylic acids is 3. The van der Waals surface area contributed by atoms with Gasteiger partial charge in [-0.15, -0.1) is 0 Å². The summed E-state index contributed by atoms with van der Waals surface area (Å²) >= 11 is 0. The van der Waals surface area contributed by atoms with Crippen LogP contribution in [-0.4, -0.2) is 73.3 Å². The van der Waals surface area contributed by atoms with Gasteiger partial charge >= 0.3 is 12.0 Å². The standard InChI is InChI=1S/C34H39N5O7/c1-3-13-35-34(44)37-27-18-24(32(42)36-26(20-31(40)41)23-7-5-22(2)6-8-23)9-11-28(27)38-14-4-15-39(17-16-38)33(43)25-10-12-29-30(19-25)46-21-45-29/h5-12,18-19,26H,3-4,13-17,20-21H2,1-2H3,(H,36,42)(H,40,41)(H2,35,37,44). The van der Waals surface area contributed by atoms with E-state index in [1.54, 1.807) is 53.4 Å². The molecule has 242 valence electrons. The lowest BCUT2D eigenvalue weighted by molar-refractivity contribution is -0.137. The van der Waals surface area contributed by atoms with Gasteiger partial charge in [0.1, 0.15) is 0 Å². The van der Waals surface area contributed by atoms with Crippen LogP contribution >= 0.6 is 0 Å². The quantitative estimate of drug-likeness (QED) is 0.255. The van der Waals surface area contributed by atoms with Crippen LogP contribution in [0.5, 0.6) is 11.5 Å². The van der Waals surface area contributed by atoms with Crippen LogP contribution in [0, 0.1) is 6.92 Å². The van der Waals surface area contributed by atoms with Gasteiger partial charge in [-0.3, -0.25) is 14.4 Å². The summed E-state index contributed by atoms with van der Waals surface area (Å²) < 4.78 is 10.8. The van der Waals surface area contributed by atoms with E-state index >= 15 is 0 Å². The maximum Gasteiger partial charge on any atom is 0.319 e. The van der Waals surface area contributed by atoms with Gasteiger partial charge in [0.25, 0.3) is 11.8 Å². The molecule has 2 aliphatic heterocycles. The van der Waals surface area contributed by atoms with Crippen LogP contribution in [-0.2, 0) is 4.79 Å². The number of aliphatic carboxylic acids is 1. The molecule has 12 nitrogen and oxygen atoms in total. The predicted octanol–water partition coefficient (Wildman–Crippen LogP) is 4.55. The number of nitrogens with zero attached hydrogens (tertiary/aromatic N) is 2. The molecule has 1 unspecified atom stereocenters. The van der Waals surface area contributed by atoms with Gasteiger partial charge in [0.2, 0.25) is 6.79 Å². The summed E-state index contributed by atoms with van der Waals surface area (Å²) in [6.07, 6.45) is 1.16. The number of fused-ring (bicyclic) bond motifs is 1. The molecule has 0 bridgehead atoms. The summed E-state index contributed by atoms with van der Waals surface area (Å²) in [5.74, 6) is -0.438. The molecule has 0 radical (unpaired) electrons. The number of carboxylic acids is 1. The first-order valence-corrected chi connectivity index (χ1v) is 15.4. The Hall–Kier alpha value is -5.26. The highest BCUT2D eigenvalue weighted by molar-refractivity contribution is 6.00. The molecule has 3 aromatic rings. The molecule has 5 rings (SSSR count). The SMILES string of the molecule is CCCNC(=O)Nc1cc(C(=O)NC(CC(=O)O)c2ccc(C)cc2)ccc1N1CCCN(C(=O)c2ccc3c(c2)OCO3)CC1. The van der Waals surface area contributed by atoms with Crippen LogP contribution in [0.1, 0.15) is 64.1 Å². The highest BCUT2D eigenvalue weighted by Gasteiger charge is 2.25. The Kier molecular flexibility index (Phi) is 10.3. The molecule has 0 aliphatic carbocycles. The van der Waals surface area contributed by atoms with Crippen molar-refractivity contribution in [1.29, 1.82) is 0 Å². The average Bonchev–Trinajstić information content (AvgIpc) is 3.38. The lowest BCUT2D eigenvalue weighted by atomic mass is 10.0. The van der Waals surface area contributed by atoms with E-state index in [1.165, 1.54) is 0 Å². The molecule has 12 heteroatoms. The maximum absolute atomic E-state index is 13.4. The Balaban J connectivity index is 1.34. The van der Waals surface area contributed by atoms with Gasteiger partial charge in [0.05, 0.1) is 23.8 Å². The summed E-state index contributed by atoms with van der Waals surface area (Å²) in [4.78, 5) is 55.1. The zero-order chi connectivity index (χ0) is 32.6. The van der Waals surface area contributed by atoms with Gasteiger partial charge in [0, 0.05) is 43.9 Å². The van der Waals surface area contributed by atoms with E-state index in [4.69, 9.17) is 9.47 Å². The Bertz CT molecular complexity index is 1590. The number of carboxylic acid groups (broad SMARTS) is 1. The molecule has 1 fully saturated rings. The van der Waals surface area contributed by atoms with E-state index in [0.717, 1.165) is 12.0 Å². The fourth-order valence-electron chi connectivity index (χ4n) is 5.50. The first-order chi connectivity index (χ1) is 22.2. The summed E-state index contributed by atoms with van der Waals surface area (Å²) in [6.45, 7) is 6.62. The monoisotopic (exact) mass is 629 g/mol. The smallest absolute Gasteiger partial charge is 0.319 e. The topological polar surface area (TPSA) is 150 Å². The Morgan fingerprint density at radius 1 is 0.891 bits per heavy atom. The molecule has 1 saturated heterocycles. The van der Waals surface area contributed by atoms with Crippen LogP contribution in [0.15, 0.2) is 60.7 Å². The van der Waals surface area contributed by atoms with Crippen molar-refractivity contribution in [2.45, 2.75) is 39.2 Å². The maximum atomic E-state index is 13.4. The third-order valence-electron chi connectivity index (χ3n) is 7.95. The number of benzene rings is 3. The molecule has 0 saturated carbocycles. The van der Waals surface area contributed by atoms with Crippen molar-refractivity contribution in [3.63, 3.8) is 0 Å². The normalized spacial score (nSPS) is 14.7. The number of carbonyl (C=O) groups is 4. The van der Waals surface area contributed by atoms with Crippen molar-refractivity contribution in [2.24, 2.45) is 0 Å². The van der Waals surface area contributed by atoms with Crippen molar-refractivity contribution < 1.29 is 33.8 Å². The number of nitrogens with one attached hydrogen (secondary N) is 3. The lowest BCUT2D eigenvalue weighted by Crippen LogP contribution is -2.36. The molecule has 1 atom stereocenters. The fraction of sp³-hybridized carbons (Fsp3) is 0.353. The third-order valence-corrected chi connectivity index (χ3v) is 7.95. The van der Waals surface area contributed by atoms with E-state index in [2.05, 4.69) is 20.9 Å². The molecule has 4 N–H and O–H groups in total. The summed E-state index contributed by atoms with van der Waals surface area (Å²) in [5.41, 5.74) is 3.63. The summed E-state index contributed by atoms with van der Waals surface area (Å²) in [6, 6.07) is 16.4. The molecule has 2 heterocycles. The Labute approximate surface area is 267 Å². The van der Waals surface area contributed by atoms with E-state index in [-0.39, 0.29) is 24.7 Å². The number of ether oxygens (including phenoxy) is 2. The second-order valence-electron chi connectivity index (χ2n) is 11.3. The molecule has 0 aromatic heterocycles. The van der Waals surface area contributed by atoms with Gasteiger partial charge in [-0.2, -0.15) is 0 Å². The molecule has 4 amide bonds. The van der Waals surface area contributed by atoms with Crippen LogP contribution in [0.2, 0.25) is 0 Å². The second kappa shape index (κ2) is 14.7. The number of urea groups is 1. The minimum Gasteiger partial charge on any atom is -0.481 e. The number of hydrogen-bond acceptors (Lipinski definition) is 7. The Morgan fingerprint density at radius 3 is 2.41 bits per heavy atom. The van der Waals surface area contributed by atoms with Gasteiger partial charge in [-0.25, -0.2) is 4.79 Å². The minimum atomic E-state index is -1.04. The van der Waals surface area contributed by atoms with Crippen molar-refractivity contribution in [3.8, 4) is 11.5 Å². The number of hydrogen-bond donors (Lipinski definition) is 4. The number of aryl methyl sites for hydroxylation is 1. The van der Waals surface area contributed by atoms with Crippen LogP contribution < -0.4 is 30.3 Å². The van der Waals surface area contributed by atoms with E-state index in [0.29, 0.717) is 73.1 Å². The average molecular weight is 630 g/mol. The van der Waals surface area contributed by atoms with E-state index in [9.17, 15) is 24.3 Å². The first-order valence-electron chi connectivity index (χ1n) is 15.4. The fourth-order valence-corrected chi connectivity index (χ4v) is 5.50. The van der Waals surface area contributed by atoms with Gasteiger partial charge in [0.15, 0.2) is 11.5 Å². The molecule has 0 spiro atoms. The number of anilines is 2. The highest BCUT2D eigenvalue weighted by Crippen LogP contribution is 2.33. The Morgan fingerprint density at radius 2 is 1.65 bits per heavy atom. The molecule has 3 aromatic carbocycles. The summed E-state index contributed by atoms with van der Waals surface area (Å²) in [7, 11) is 0. The lowest BCUT2D eigenvalue weighted by Gasteiger charge is -2.27. The summed E-state index contributed by atoms with van der Waals surface area (Å²) in [5, 5.41) is 18.1. The van der Waals surface area contributed by atoms with Crippen molar-refractivity contribution in [3.05, 3.63) is 82.9 Å². The van der Waals surface area contributed by atoms with Gasteiger partial charge < -0.3 is 40.3 Å². The first kappa shape index (κ1) is 32.1. The van der Waals surface area contributed by atoms with Crippen molar-refractivity contribution >= 4 is 35.2 Å². The van der Waals surface area contributed by atoms with Crippen LogP contribution in [0.4, 0.5) is 16.2 Å². The number of rotatable bonds is 10. The largest absolute Gasteiger partial charge is 0.481 e.